The van der Waals surface area contributed by atoms with Crippen molar-refractivity contribution < 1.29 is 4.79 Å². The van der Waals surface area contributed by atoms with Crippen LogP contribution in [0.2, 0.25) is 0 Å². The summed E-state index contributed by atoms with van der Waals surface area (Å²) in [4.78, 5) is 16.2. The van der Waals surface area contributed by atoms with Crippen molar-refractivity contribution in [1.29, 1.82) is 0 Å². The number of hydrogen-bond acceptors (Lipinski definition) is 5. The van der Waals surface area contributed by atoms with Gasteiger partial charge in [0.2, 0.25) is 0 Å². The average molecular weight is 387 g/mol. The minimum Gasteiger partial charge on any atom is -0.364 e. The number of hydrogen-bond donors (Lipinski definition) is 1. The first kappa shape index (κ1) is 17.5. The van der Waals surface area contributed by atoms with E-state index in [9.17, 15) is 4.79 Å². The van der Waals surface area contributed by atoms with E-state index in [1.54, 1.807) is 29.2 Å². The van der Waals surface area contributed by atoms with Crippen molar-refractivity contribution in [1.82, 2.24) is 29.4 Å². The van der Waals surface area contributed by atoms with Gasteiger partial charge in [-0.25, -0.2) is 4.52 Å². The molecule has 0 bridgehead atoms. The number of nitrogens with zero attached hydrogens (tertiary/aromatic N) is 6. The monoisotopic (exact) mass is 387 g/mol. The SMILES string of the molecule is CC1CC(c2cncc(-c3cc4cccc(C(N)=O)n4n3)c2)(c2nncn2C)C1. The second-order valence-corrected chi connectivity index (χ2v) is 7.96. The number of carbonyl (C=O) groups excluding carboxylic acids is 1. The lowest BCUT2D eigenvalue weighted by atomic mass is 9.59. The van der Waals surface area contributed by atoms with Gasteiger partial charge < -0.3 is 10.3 Å². The van der Waals surface area contributed by atoms with Crippen molar-refractivity contribution in [3.8, 4) is 11.3 Å². The van der Waals surface area contributed by atoms with Gasteiger partial charge >= 0.3 is 0 Å². The van der Waals surface area contributed by atoms with Crippen molar-refractivity contribution in [3.63, 3.8) is 0 Å². The maximum atomic E-state index is 11.7. The summed E-state index contributed by atoms with van der Waals surface area (Å²) in [6.07, 6.45) is 7.45. The first-order valence-electron chi connectivity index (χ1n) is 9.57. The summed E-state index contributed by atoms with van der Waals surface area (Å²) in [5.74, 6) is 1.06. The zero-order chi connectivity index (χ0) is 20.2. The minimum atomic E-state index is -0.512. The predicted octanol–water partition coefficient (Wildman–Crippen LogP) is 2.34. The van der Waals surface area contributed by atoms with E-state index in [1.165, 1.54) is 0 Å². The molecule has 1 saturated carbocycles. The summed E-state index contributed by atoms with van der Waals surface area (Å²) < 4.78 is 3.57. The van der Waals surface area contributed by atoms with Gasteiger partial charge in [-0.15, -0.1) is 10.2 Å². The molecule has 146 valence electrons. The Labute approximate surface area is 167 Å². The second-order valence-electron chi connectivity index (χ2n) is 7.96. The van der Waals surface area contributed by atoms with Crippen LogP contribution in [0.25, 0.3) is 16.8 Å². The van der Waals surface area contributed by atoms with Crippen LogP contribution >= 0.6 is 0 Å². The number of aryl methyl sites for hydroxylation is 1. The summed E-state index contributed by atoms with van der Waals surface area (Å²) in [5.41, 5.74) is 9.20. The fraction of sp³-hybridized carbons (Fsp3) is 0.286. The van der Waals surface area contributed by atoms with Gasteiger partial charge in [0.1, 0.15) is 17.8 Å². The van der Waals surface area contributed by atoms with E-state index < -0.39 is 5.91 Å². The topological polar surface area (TPSA) is 104 Å². The molecule has 0 spiro atoms. The van der Waals surface area contributed by atoms with Gasteiger partial charge in [0.15, 0.2) is 0 Å². The van der Waals surface area contributed by atoms with E-state index in [1.807, 2.05) is 29.9 Å². The van der Waals surface area contributed by atoms with Crippen LogP contribution in [-0.4, -0.2) is 35.3 Å². The van der Waals surface area contributed by atoms with Crippen molar-refractivity contribution >= 4 is 11.4 Å². The molecule has 1 amide bonds. The van der Waals surface area contributed by atoms with E-state index in [0.717, 1.165) is 41.0 Å². The van der Waals surface area contributed by atoms with Crippen LogP contribution in [0.4, 0.5) is 0 Å². The third kappa shape index (κ3) is 2.63. The van der Waals surface area contributed by atoms with E-state index in [-0.39, 0.29) is 5.41 Å². The molecule has 29 heavy (non-hydrogen) atoms. The quantitative estimate of drug-likeness (QED) is 0.579. The fourth-order valence-electron chi connectivity index (χ4n) is 4.58. The van der Waals surface area contributed by atoms with Gasteiger partial charge in [-0.1, -0.05) is 13.0 Å². The van der Waals surface area contributed by atoms with Crippen LogP contribution < -0.4 is 5.73 Å². The summed E-state index contributed by atoms with van der Waals surface area (Å²) >= 11 is 0. The van der Waals surface area contributed by atoms with Crippen LogP contribution in [0.3, 0.4) is 0 Å². The van der Waals surface area contributed by atoms with Crippen LogP contribution in [0, 0.1) is 5.92 Å². The molecular formula is C21H21N7O. The lowest BCUT2D eigenvalue weighted by molar-refractivity contribution is 0.0993. The Balaban J connectivity index is 1.62. The lowest BCUT2D eigenvalue weighted by Gasteiger charge is -2.45. The van der Waals surface area contributed by atoms with Gasteiger partial charge in [-0.2, -0.15) is 5.10 Å². The molecule has 1 fully saturated rings. The zero-order valence-corrected chi connectivity index (χ0v) is 16.3. The molecule has 8 nitrogen and oxygen atoms in total. The standard InChI is InChI=1S/C21H21N7O/c1-13-8-21(9-13,20-25-24-12-27(20)2)15-6-14(10-23-11-15)17-7-16-4-3-5-18(19(22)29)28(16)26-17/h3-7,10-13H,8-9H2,1-2H3,(H2,22,29). The number of rotatable bonds is 4. The normalized spacial score (nSPS) is 21.2. The molecule has 4 aromatic heterocycles. The molecule has 0 atom stereocenters. The number of primary amides is 1. The van der Waals surface area contributed by atoms with Crippen LogP contribution in [0.5, 0.6) is 0 Å². The van der Waals surface area contributed by atoms with Gasteiger partial charge in [0.05, 0.1) is 16.6 Å². The third-order valence-electron chi connectivity index (χ3n) is 5.86. The highest BCUT2D eigenvalue weighted by Gasteiger charge is 2.48. The molecule has 2 N–H and O–H groups in total. The summed E-state index contributed by atoms with van der Waals surface area (Å²) in [7, 11) is 1.98. The maximum Gasteiger partial charge on any atom is 0.267 e. The van der Waals surface area contributed by atoms with Gasteiger partial charge in [-0.05, 0) is 48.6 Å². The van der Waals surface area contributed by atoms with Gasteiger partial charge in [0.25, 0.3) is 5.91 Å². The number of carbonyl (C=O) groups is 1. The molecule has 8 heteroatoms. The van der Waals surface area contributed by atoms with Crippen LogP contribution in [0.15, 0.2) is 49.1 Å². The highest BCUT2D eigenvalue weighted by atomic mass is 16.1. The van der Waals surface area contributed by atoms with E-state index in [4.69, 9.17) is 5.73 Å². The maximum absolute atomic E-state index is 11.7. The number of amides is 1. The third-order valence-corrected chi connectivity index (χ3v) is 5.86. The number of pyridine rings is 2. The summed E-state index contributed by atoms with van der Waals surface area (Å²) in [5, 5.41) is 13.1. The van der Waals surface area contributed by atoms with Crippen molar-refractivity contribution in [2.45, 2.75) is 25.2 Å². The number of fused-ring (bicyclic) bond motifs is 1. The molecular weight excluding hydrogens is 366 g/mol. The van der Waals surface area contributed by atoms with E-state index in [0.29, 0.717) is 11.6 Å². The molecule has 4 heterocycles. The van der Waals surface area contributed by atoms with E-state index >= 15 is 0 Å². The smallest absolute Gasteiger partial charge is 0.267 e. The average Bonchev–Trinajstić information content (AvgIpc) is 3.31. The van der Waals surface area contributed by atoms with Crippen molar-refractivity contribution in [3.05, 3.63) is 66.1 Å². The second kappa shape index (κ2) is 6.23. The minimum absolute atomic E-state index is 0.189. The first-order chi connectivity index (χ1) is 14.0. The summed E-state index contributed by atoms with van der Waals surface area (Å²) in [6.45, 7) is 2.25. The molecule has 0 saturated heterocycles. The van der Waals surface area contributed by atoms with Gasteiger partial charge in [-0.3, -0.25) is 9.78 Å². The molecule has 0 radical (unpaired) electrons. The Hall–Kier alpha value is -3.55. The number of aromatic nitrogens is 6. The molecule has 0 aromatic carbocycles. The Morgan fingerprint density at radius 3 is 2.76 bits per heavy atom. The molecule has 0 unspecified atom stereocenters. The molecule has 4 aromatic rings. The summed E-state index contributed by atoms with van der Waals surface area (Å²) in [6, 6.07) is 9.42. The van der Waals surface area contributed by atoms with Crippen LogP contribution in [0.1, 0.15) is 41.6 Å². The van der Waals surface area contributed by atoms with Gasteiger partial charge in [0, 0.05) is 25.0 Å². The van der Waals surface area contributed by atoms with E-state index in [2.05, 4.69) is 33.3 Å². The highest BCUT2D eigenvalue weighted by Crippen LogP contribution is 2.51. The van der Waals surface area contributed by atoms with Crippen LogP contribution in [-0.2, 0) is 12.5 Å². The Morgan fingerprint density at radius 1 is 1.24 bits per heavy atom. The first-order valence-corrected chi connectivity index (χ1v) is 9.57. The lowest BCUT2D eigenvalue weighted by Crippen LogP contribution is -2.43. The fourth-order valence-corrected chi connectivity index (χ4v) is 4.58. The Bertz CT molecular complexity index is 1230. The molecule has 5 rings (SSSR count). The number of nitrogens with two attached hydrogens (primary N) is 1. The largest absolute Gasteiger partial charge is 0.364 e. The predicted molar refractivity (Wildman–Crippen MR) is 107 cm³/mol. The van der Waals surface area contributed by atoms with Crippen molar-refractivity contribution in [2.24, 2.45) is 18.7 Å². The Morgan fingerprint density at radius 2 is 2.07 bits per heavy atom. The molecule has 0 aliphatic heterocycles. The molecule has 1 aliphatic rings. The zero-order valence-electron chi connectivity index (χ0n) is 16.3. The molecule has 1 aliphatic carbocycles. The van der Waals surface area contributed by atoms with Crippen molar-refractivity contribution in [2.75, 3.05) is 0 Å². The highest BCUT2D eigenvalue weighted by molar-refractivity contribution is 5.92. The Kier molecular flexibility index (Phi) is 3.77.